The Morgan fingerprint density at radius 2 is 2.25 bits per heavy atom. The van der Waals surface area contributed by atoms with Gasteiger partial charge < -0.3 is 10.1 Å². The highest BCUT2D eigenvalue weighted by molar-refractivity contribution is 6.03. The first-order valence-corrected chi connectivity index (χ1v) is 3.77. The largest absolute Gasteiger partial charge is 0.383 e. The molecule has 1 heterocycles. The molecule has 0 radical (unpaired) electrons. The Morgan fingerprint density at radius 1 is 1.58 bits per heavy atom. The van der Waals surface area contributed by atoms with Crippen molar-refractivity contribution in [3.63, 3.8) is 0 Å². The van der Waals surface area contributed by atoms with Gasteiger partial charge in [0.2, 0.25) is 0 Å². The van der Waals surface area contributed by atoms with E-state index in [0.29, 0.717) is 13.2 Å². The molecule has 1 unspecified atom stereocenters. The minimum absolute atomic E-state index is 0.183. The van der Waals surface area contributed by atoms with Crippen molar-refractivity contribution >= 4 is 11.9 Å². The van der Waals surface area contributed by atoms with Gasteiger partial charge in [0.05, 0.1) is 13.2 Å². The molecule has 5 nitrogen and oxygen atoms in total. The molecular formula is C7H12N2O3. The Morgan fingerprint density at radius 3 is 2.67 bits per heavy atom. The minimum Gasteiger partial charge on any atom is -0.383 e. The summed E-state index contributed by atoms with van der Waals surface area (Å²) in [7, 11) is 1.53. The summed E-state index contributed by atoms with van der Waals surface area (Å²) in [6.07, 6.45) is 0. The zero-order valence-electron chi connectivity index (χ0n) is 7.16. The number of hydrogen-bond donors (Lipinski definition) is 1. The van der Waals surface area contributed by atoms with Crippen molar-refractivity contribution in [1.29, 1.82) is 0 Å². The Labute approximate surface area is 70.7 Å². The van der Waals surface area contributed by atoms with Gasteiger partial charge in [-0.3, -0.25) is 9.69 Å². The number of amides is 3. The molecule has 0 aliphatic carbocycles. The Balaban J connectivity index is 2.52. The third-order valence-corrected chi connectivity index (χ3v) is 1.74. The zero-order chi connectivity index (χ0) is 9.14. The molecule has 0 bridgehead atoms. The SMILES string of the molecule is COCCN1C(=O)NC(C)C1=O. The van der Waals surface area contributed by atoms with Gasteiger partial charge in [0.25, 0.3) is 5.91 Å². The lowest BCUT2D eigenvalue weighted by atomic mass is 10.3. The van der Waals surface area contributed by atoms with Crippen LogP contribution in [0.4, 0.5) is 4.79 Å². The number of nitrogens with one attached hydrogen (secondary N) is 1. The predicted molar refractivity (Wildman–Crippen MR) is 41.6 cm³/mol. The average molecular weight is 172 g/mol. The van der Waals surface area contributed by atoms with E-state index in [2.05, 4.69) is 5.32 Å². The van der Waals surface area contributed by atoms with Crippen LogP contribution in [0.3, 0.4) is 0 Å². The van der Waals surface area contributed by atoms with Gasteiger partial charge in [0, 0.05) is 7.11 Å². The Kier molecular flexibility index (Phi) is 2.65. The molecule has 1 atom stereocenters. The van der Waals surface area contributed by atoms with Crippen LogP contribution in [-0.2, 0) is 9.53 Å². The van der Waals surface area contributed by atoms with Crippen LogP contribution in [0, 0.1) is 0 Å². The molecular weight excluding hydrogens is 160 g/mol. The first kappa shape index (κ1) is 8.99. The first-order valence-electron chi connectivity index (χ1n) is 3.77. The van der Waals surface area contributed by atoms with Gasteiger partial charge in [-0.2, -0.15) is 0 Å². The molecule has 3 amide bonds. The Hall–Kier alpha value is -1.10. The van der Waals surface area contributed by atoms with Crippen LogP contribution in [0.1, 0.15) is 6.92 Å². The number of methoxy groups -OCH3 is 1. The maximum Gasteiger partial charge on any atom is 0.324 e. The molecule has 12 heavy (non-hydrogen) atoms. The van der Waals surface area contributed by atoms with E-state index in [1.165, 1.54) is 7.11 Å². The topological polar surface area (TPSA) is 58.6 Å². The van der Waals surface area contributed by atoms with Gasteiger partial charge >= 0.3 is 6.03 Å². The van der Waals surface area contributed by atoms with Crippen LogP contribution in [0.25, 0.3) is 0 Å². The molecule has 1 saturated heterocycles. The van der Waals surface area contributed by atoms with Crippen LogP contribution >= 0.6 is 0 Å². The summed E-state index contributed by atoms with van der Waals surface area (Å²) >= 11 is 0. The summed E-state index contributed by atoms with van der Waals surface area (Å²) in [5, 5.41) is 2.51. The highest BCUT2D eigenvalue weighted by Gasteiger charge is 2.34. The van der Waals surface area contributed by atoms with Gasteiger partial charge in [0.1, 0.15) is 6.04 Å². The highest BCUT2D eigenvalue weighted by Crippen LogP contribution is 2.04. The molecule has 1 aliphatic heterocycles. The van der Waals surface area contributed by atoms with Crippen molar-refractivity contribution in [2.45, 2.75) is 13.0 Å². The van der Waals surface area contributed by atoms with E-state index in [9.17, 15) is 9.59 Å². The molecule has 1 rings (SSSR count). The fourth-order valence-electron chi connectivity index (χ4n) is 1.05. The number of nitrogens with zero attached hydrogens (tertiary/aromatic N) is 1. The number of rotatable bonds is 3. The average Bonchev–Trinajstić information content (AvgIpc) is 2.25. The summed E-state index contributed by atoms with van der Waals surface area (Å²) in [5.41, 5.74) is 0. The molecule has 0 aromatic carbocycles. The van der Waals surface area contributed by atoms with Crippen LogP contribution in [0.15, 0.2) is 0 Å². The van der Waals surface area contributed by atoms with Gasteiger partial charge in [-0.05, 0) is 6.92 Å². The molecule has 0 spiro atoms. The van der Waals surface area contributed by atoms with Gasteiger partial charge in [-0.1, -0.05) is 0 Å². The summed E-state index contributed by atoms with van der Waals surface area (Å²) in [4.78, 5) is 23.4. The van der Waals surface area contributed by atoms with E-state index in [4.69, 9.17) is 4.74 Å². The summed E-state index contributed by atoms with van der Waals surface area (Å²) in [5.74, 6) is -0.183. The van der Waals surface area contributed by atoms with Crippen molar-refractivity contribution < 1.29 is 14.3 Å². The van der Waals surface area contributed by atoms with Gasteiger partial charge in [0.15, 0.2) is 0 Å². The lowest BCUT2D eigenvalue weighted by Crippen LogP contribution is -2.34. The second kappa shape index (κ2) is 3.53. The smallest absolute Gasteiger partial charge is 0.324 e. The van der Waals surface area contributed by atoms with Crippen LogP contribution in [0.2, 0.25) is 0 Å². The third-order valence-electron chi connectivity index (χ3n) is 1.74. The molecule has 68 valence electrons. The summed E-state index contributed by atoms with van der Waals surface area (Å²) < 4.78 is 4.76. The lowest BCUT2D eigenvalue weighted by molar-refractivity contribution is -0.127. The normalized spacial score (nSPS) is 23.2. The van der Waals surface area contributed by atoms with Crippen molar-refractivity contribution in [2.75, 3.05) is 20.3 Å². The van der Waals surface area contributed by atoms with Crippen LogP contribution in [-0.4, -0.2) is 43.1 Å². The molecule has 0 aromatic rings. The number of carbonyl (C=O) groups excluding carboxylic acids is 2. The molecule has 1 fully saturated rings. The number of urea groups is 1. The fourth-order valence-corrected chi connectivity index (χ4v) is 1.05. The van der Waals surface area contributed by atoms with E-state index >= 15 is 0 Å². The maximum atomic E-state index is 11.2. The molecule has 5 heteroatoms. The first-order chi connectivity index (χ1) is 5.66. The molecule has 0 saturated carbocycles. The van der Waals surface area contributed by atoms with Gasteiger partial charge in [-0.25, -0.2) is 4.79 Å². The zero-order valence-corrected chi connectivity index (χ0v) is 7.16. The van der Waals surface area contributed by atoms with E-state index in [-0.39, 0.29) is 11.9 Å². The second-order valence-corrected chi connectivity index (χ2v) is 2.65. The summed E-state index contributed by atoms with van der Waals surface area (Å²) in [6, 6.07) is -0.723. The Bertz CT molecular complexity index is 205. The van der Waals surface area contributed by atoms with Crippen molar-refractivity contribution in [3.8, 4) is 0 Å². The van der Waals surface area contributed by atoms with E-state index in [0.717, 1.165) is 4.90 Å². The molecule has 1 aliphatic rings. The number of ether oxygens (including phenoxy) is 1. The maximum absolute atomic E-state index is 11.2. The standard InChI is InChI=1S/C7H12N2O3/c1-5-6(10)9(3-4-12-2)7(11)8-5/h5H,3-4H2,1-2H3,(H,8,11). The quantitative estimate of drug-likeness (QED) is 0.588. The monoisotopic (exact) mass is 172 g/mol. The van der Waals surface area contributed by atoms with Crippen LogP contribution in [0.5, 0.6) is 0 Å². The summed E-state index contributed by atoms with van der Waals surface area (Å²) in [6.45, 7) is 2.37. The fraction of sp³-hybridized carbons (Fsp3) is 0.714. The second-order valence-electron chi connectivity index (χ2n) is 2.65. The van der Waals surface area contributed by atoms with Crippen molar-refractivity contribution in [1.82, 2.24) is 10.2 Å². The van der Waals surface area contributed by atoms with E-state index in [1.807, 2.05) is 0 Å². The number of hydrogen-bond acceptors (Lipinski definition) is 3. The number of imide groups is 1. The van der Waals surface area contributed by atoms with Crippen molar-refractivity contribution in [3.05, 3.63) is 0 Å². The highest BCUT2D eigenvalue weighted by atomic mass is 16.5. The molecule has 0 aromatic heterocycles. The van der Waals surface area contributed by atoms with E-state index < -0.39 is 6.04 Å². The third kappa shape index (κ3) is 1.55. The van der Waals surface area contributed by atoms with Gasteiger partial charge in [-0.15, -0.1) is 0 Å². The van der Waals surface area contributed by atoms with Crippen LogP contribution < -0.4 is 5.32 Å². The number of carbonyl (C=O) groups is 2. The lowest BCUT2D eigenvalue weighted by Gasteiger charge is -2.10. The molecule has 1 N–H and O–H groups in total. The van der Waals surface area contributed by atoms with Crippen molar-refractivity contribution in [2.24, 2.45) is 0 Å². The minimum atomic E-state index is -0.394. The van der Waals surface area contributed by atoms with E-state index in [1.54, 1.807) is 6.92 Å². The predicted octanol–water partition coefficient (Wildman–Crippen LogP) is -0.427.